The average molecular weight is 778 g/mol. The molecule has 0 saturated heterocycles. The second-order valence-electron chi connectivity index (χ2n) is 15.7. The summed E-state index contributed by atoms with van der Waals surface area (Å²) in [7, 11) is 0. The van der Waals surface area contributed by atoms with Crippen LogP contribution in [0.2, 0.25) is 0 Å². The van der Waals surface area contributed by atoms with Crippen molar-refractivity contribution in [3.63, 3.8) is 0 Å². The van der Waals surface area contributed by atoms with Crippen LogP contribution in [0.25, 0.3) is 71.6 Å². The molecule has 3 heteroatoms. The average Bonchev–Trinajstić information content (AvgIpc) is 3.67. The molecule has 0 bridgehead atoms. The number of nitrogens with zero attached hydrogens (tertiary/aromatic N) is 3. The van der Waals surface area contributed by atoms with Gasteiger partial charge in [-0.2, -0.15) is 0 Å². The van der Waals surface area contributed by atoms with Crippen LogP contribution in [0.1, 0.15) is 0 Å². The summed E-state index contributed by atoms with van der Waals surface area (Å²) in [5.41, 5.74) is 17.4. The van der Waals surface area contributed by atoms with Gasteiger partial charge in [0.1, 0.15) is 0 Å². The fourth-order valence-corrected chi connectivity index (χ4v) is 9.50. The maximum Gasteiger partial charge on any atom is 0.0709 e. The third-order valence-electron chi connectivity index (χ3n) is 12.3. The van der Waals surface area contributed by atoms with E-state index < -0.39 is 0 Å². The zero-order valence-electron chi connectivity index (χ0n) is 33.4. The van der Waals surface area contributed by atoms with Gasteiger partial charge in [-0.05, 0) is 112 Å². The molecule has 0 fully saturated rings. The first-order valence-electron chi connectivity index (χ1n) is 20.9. The lowest BCUT2D eigenvalue weighted by Crippen LogP contribution is -2.24. The lowest BCUT2D eigenvalue weighted by Gasteiger charge is -2.41. The van der Waals surface area contributed by atoms with Crippen LogP contribution in [-0.2, 0) is 0 Å². The summed E-state index contributed by atoms with van der Waals surface area (Å²) < 4.78 is 2.38. The predicted molar refractivity (Wildman–Crippen MR) is 258 cm³/mol. The van der Waals surface area contributed by atoms with E-state index in [0.717, 1.165) is 39.8 Å². The summed E-state index contributed by atoms with van der Waals surface area (Å²) in [6, 6.07) is 86.0. The molecule has 0 unspecified atom stereocenters. The molecule has 0 spiro atoms. The summed E-state index contributed by atoms with van der Waals surface area (Å²) in [6.07, 6.45) is 0. The molecule has 3 nitrogen and oxygen atoms in total. The van der Waals surface area contributed by atoms with E-state index in [0.29, 0.717) is 0 Å². The molecular formula is C58H39N3. The molecule has 10 aromatic carbocycles. The smallest absolute Gasteiger partial charge is 0.0709 e. The standard InChI is InChI=1S/C58H39N3/c1-5-17-40(18-6-1)42-29-34-55-57(38-42)60(46-23-11-4-12-24-46)58-39-43(41-19-7-2-8-20-41)30-35-56(58)61(55)53-36-32-47(48-25-13-14-26-49(48)53)44-31-33-54-51(37-44)50-27-15-16-28-52(50)59(54)45-21-9-3-10-22-45/h1-39H. The summed E-state index contributed by atoms with van der Waals surface area (Å²) in [4.78, 5) is 4.92. The molecule has 0 saturated carbocycles. The van der Waals surface area contributed by atoms with Gasteiger partial charge in [0, 0.05) is 27.5 Å². The SMILES string of the molecule is c1ccc(-c2ccc3c(c2)N(c2ccccc2)c2cc(-c4ccccc4)ccc2N3c2ccc(-c3ccc4c(c3)c3ccccc3n4-c3ccccc3)c3ccccc23)cc1. The normalized spacial score (nSPS) is 12.2. The number of hydrogen-bond acceptors (Lipinski definition) is 2. The van der Waals surface area contributed by atoms with Gasteiger partial charge in [-0.3, -0.25) is 0 Å². The Labute approximate surface area is 355 Å². The fourth-order valence-electron chi connectivity index (χ4n) is 9.50. The van der Waals surface area contributed by atoms with Crippen LogP contribution in [-0.4, -0.2) is 4.57 Å². The summed E-state index contributed by atoms with van der Waals surface area (Å²) in [5.74, 6) is 0. The van der Waals surface area contributed by atoms with Gasteiger partial charge in [0.15, 0.2) is 0 Å². The van der Waals surface area contributed by atoms with Crippen molar-refractivity contribution < 1.29 is 0 Å². The van der Waals surface area contributed by atoms with Crippen molar-refractivity contribution >= 4 is 66.7 Å². The minimum absolute atomic E-state index is 1.12. The highest BCUT2D eigenvalue weighted by molar-refractivity contribution is 6.14. The van der Waals surface area contributed by atoms with Crippen molar-refractivity contribution in [1.29, 1.82) is 0 Å². The van der Waals surface area contributed by atoms with Crippen LogP contribution in [0.5, 0.6) is 0 Å². The van der Waals surface area contributed by atoms with E-state index in [-0.39, 0.29) is 0 Å². The lowest BCUT2D eigenvalue weighted by molar-refractivity contribution is 1.17. The summed E-state index contributed by atoms with van der Waals surface area (Å²) in [6.45, 7) is 0. The van der Waals surface area contributed by atoms with Gasteiger partial charge in [0.25, 0.3) is 0 Å². The van der Waals surface area contributed by atoms with E-state index in [2.05, 4.69) is 251 Å². The van der Waals surface area contributed by atoms with Gasteiger partial charge >= 0.3 is 0 Å². The second kappa shape index (κ2) is 14.3. The maximum absolute atomic E-state index is 2.48. The van der Waals surface area contributed by atoms with Crippen LogP contribution in [0.3, 0.4) is 0 Å². The second-order valence-corrected chi connectivity index (χ2v) is 15.7. The Kier molecular flexibility index (Phi) is 8.17. The molecule has 286 valence electrons. The van der Waals surface area contributed by atoms with Gasteiger partial charge in [-0.25, -0.2) is 0 Å². The van der Waals surface area contributed by atoms with E-state index in [4.69, 9.17) is 0 Å². The molecule has 1 aliphatic rings. The number of para-hydroxylation sites is 3. The molecule has 0 radical (unpaired) electrons. The molecule has 61 heavy (non-hydrogen) atoms. The first kappa shape index (κ1) is 34.9. The van der Waals surface area contributed by atoms with Gasteiger partial charge in [-0.1, -0.05) is 164 Å². The minimum atomic E-state index is 1.12. The molecule has 12 rings (SSSR count). The Morgan fingerprint density at radius 3 is 1.33 bits per heavy atom. The van der Waals surface area contributed by atoms with Gasteiger partial charge in [0.2, 0.25) is 0 Å². The fraction of sp³-hybridized carbons (Fsp3) is 0. The zero-order valence-corrected chi connectivity index (χ0v) is 33.4. The molecule has 11 aromatic rings. The number of fused-ring (bicyclic) bond motifs is 6. The number of aromatic nitrogens is 1. The van der Waals surface area contributed by atoms with Crippen LogP contribution in [0, 0.1) is 0 Å². The van der Waals surface area contributed by atoms with Crippen molar-refractivity contribution in [2.45, 2.75) is 0 Å². The maximum atomic E-state index is 2.48. The van der Waals surface area contributed by atoms with Gasteiger partial charge in [0.05, 0.1) is 39.5 Å². The molecular weight excluding hydrogens is 739 g/mol. The molecule has 0 atom stereocenters. The van der Waals surface area contributed by atoms with E-state index in [1.54, 1.807) is 0 Å². The highest BCUT2D eigenvalue weighted by Crippen LogP contribution is 2.57. The highest BCUT2D eigenvalue weighted by Gasteiger charge is 2.32. The zero-order chi connectivity index (χ0) is 40.3. The third kappa shape index (κ3) is 5.74. The number of rotatable bonds is 6. The summed E-state index contributed by atoms with van der Waals surface area (Å²) >= 11 is 0. The van der Waals surface area contributed by atoms with Gasteiger partial charge < -0.3 is 14.4 Å². The van der Waals surface area contributed by atoms with Crippen LogP contribution >= 0.6 is 0 Å². The molecule has 0 aliphatic carbocycles. The van der Waals surface area contributed by atoms with Gasteiger partial charge in [-0.15, -0.1) is 0 Å². The number of anilines is 6. The highest BCUT2D eigenvalue weighted by atomic mass is 15.3. The van der Waals surface area contributed by atoms with Crippen molar-refractivity contribution in [2.75, 3.05) is 9.80 Å². The first-order valence-corrected chi connectivity index (χ1v) is 20.9. The topological polar surface area (TPSA) is 11.4 Å². The van der Waals surface area contributed by atoms with E-state index in [1.807, 2.05) is 0 Å². The van der Waals surface area contributed by atoms with Crippen LogP contribution in [0.15, 0.2) is 237 Å². The van der Waals surface area contributed by atoms with Crippen molar-refractivity contribution in [3.05, 3.63) is 237 Å². The van der Waals surface area contributed by atoms with E-state index in [1.165, 1.54) is 66.0 Å². The van der Waals surface area contributed by atoms with Crippen molar-refractivity contribution in [2.24, 2.45) is 0 Å². The molecule has 1 aromatic heterocycles. The Balaban J connectivity index is 1.08. The Morgan fingerprint density at radius 1 is 0.230 bits per heavy atom. The molecule has 0 N–H and O–H groups in total. The van der Waals surface area contributed by atoms with Crippen molar-refractivity contribution in [1.82, 2.24) is 4.57 Å². The monoisotopic (exact) mass is 777 g/mol. The minimum Gasteiger partial charge on any atom is -0.309 e. The molecule has 0 amide bonds. The number of benzene rings is 10. The Morgan fingerprint density at radius 2 is 0.705 bits per heavy atom. The quantitative estimate of drug-likeness (QED) is 0.167. The lowest BCUT2D eigenvalue weighted by atomic mass is 9.93. The third-order valence-corrected chi connectivity index (χ3v) is 12.3. The predicted octanol–water partition coefficient (Wildman–Crippen LogP) is 16.2. The molecule has 2 heterocycles. The van der Waals surface area contributed by atoms with E-state index in [9.17, 15) is 0 Å². The van der Waals surface area contributed by atoms with Crippen LogP contribution in [0.4, 0.5) is 34.1 Å². The van der Waals surface area contributed by atoms with Crippen LogP contribution < -0.4 is 9.80 Å². The Hall–Kier alpha value is -8.14. The Bertz CT molecular complexity index is 3320. The van der Waals surface area contributed by atoms with Crippen molar-refractivity contribution in [3.8, 4) is 39.1 Å². The molecule has 1 aliphatic heterocycles. The van der Waals surface area contributed by atoms with E-state index >= 15 is 0 Å². The first-order chi connectivity index (χ1) is 30.3. The largest absolute Gasteiger partial charge is 0.309 e. The number of hydrogen-bond donors (Lipinski definition) is 0. The summed E-state index contributed by atoms with van der Waals surface area (Å²) in [5, 5.41) is 4.89.